The highest BCUT2D eigenvalue weighted by Crippen LogP contribution is 2.30. The number of anilines is 1. The van der Waals surface area contributed by atoms with Crippen LogP contribution in [0.2, 0.25) is 0 Å². The highest BCUT2D eigenvalue weighted by atomic mass is 32.2. The van der Waals surface area contributed by atoms with Crippen molar-refractivity contribution in [2.24, 2.45) is 11.8 Å². The fraction of sp³-hybridized carbons (Fsp3) is 0.769. The summed E-state index contributed by atoms with van der Waals surface area (Å²) in [7, 11) is 1.81. The largest absolute Gasteiger partial charge is 0.363 e. The van der Waals surface area contributed by atoms with Gasteiger partial charge in [0.25, 0.3) is 0 Å². The van der Waals surface area contributed by atoms with Crippen LogP contribution in [0.5, 0.6) is 0 Å². The molecule has 1 aromatic heterocycles. The molecule has 1 aromatic rings. The molecule has 1 heterocycles. The smallest absolute Gasteiger partial charge is 0.230 e. The summed E-state index contributed by atoms with van der Waals surface area (Å²) in [4.78, 5) is 12.0. The summed E-state index contributed by atoms with van der Waals surface area (Å²) < 4.78 is 0.828. The molecule has 0 aromatic carbocycles. The third-order valence-corrected chi connectivity index (χ3v) is 6.07. The maximum Gasteiger partial charge on any atom is 0.230 e. The van der Waals surface area contributed by atoms with Gasteiger partial charge in [0.1, 0.15) is 0 Å². The number of thioether (sulfide) groups is 1. The predicted molar refractivity (Wildman–Crippen MR) is 84.3 cm³/mol. The van der Waals surface area contributed by atoms with Crippen LogP contribution in [-0.2, 0) is 4.79 Å². The zero-order valence-corrected chi connectivity index (χ0v) is 13.8. The van der Waals surface area contributed by atoms with Gasteiger partial charge in [0, 0.05) is 13.1 Å². The van der Waals surface area contributed by atoms with Gasteiger partial charge in [-0.05, 0) is 18.3 Å². The van der Waals surface area contributed by atoms with Crippen molar-refractivity contribution >= 4 is 34.1 Å². The lowest BCUT2D eigenvalue weighted by molar-refractivity contribution is -0.119. The molecule has 1 saturated carbocycles. The molecule has 0 bridgehead atoms. The minimum atomic E-state index is 0.0992. The van der Waals surface area contributed by atoms with Crippen LogP contribution in [0.25, 0.3) is 0 Å². The van der Waals surface area contributed by atoms with Crippen molar-refractivity contribution in [3.8, 4) is 0 Å². The number of hydrogen-bond acceptors (Lipinski definition) is 6. The van der Waals surface area contributed by atoms with Crippen LogP contribution in [0.1, 0.15) is 33.1 Å². The van der Waals surface area contributed by atoms with E-state index in [1.807, 2.05) is 7.05 Å². The monoisotopic (exact) mass is 314 g/mol. The maximum atomic E-state index is 12.0. The molecule has 1 aliphatic carbocycles. The van der Waals surface area contributed by atoms with Crippen LogP contribution in [0.15, 0.2) is 4.34 Å². The molecule has 0 saturated heterocycles. The van der Waals surface area contributed by atoms with Crippen LogP contribution in [0.4, 0.5) is 5.13 Å². The van der Waals surface area contributed by atoms with Crippen molar-refractivity contribution in [2.45, 2.75) is 43.5 Å². The van der Waals surface area contributed by atoms with Crippen LogP contribution in [0.3, 0.4) is 0 Å². The third-order valence-electron chi connectivity index (χ3n) is 4.00. The van der Waals surface area contributed by atoms with E-state index in [0.29, 0.717) is 23.6 Å². The molecular formula is C13H22N4OS2. The first-order valence-corrected chi connectivity index (χ1v) is 8.83. The number of hydrogen-bond donors (Lipinski definition) is 2. The Morgan fingerprint density at radius 2 is 2.20 bits per heavy atom. The van der Waals surface area contributed by atoms with Crippen molar-refractivity contribution in [1.29, 1.82) is 0 Å². The van der Waals surface area contributed by atoms with Gasteiger partial charge in [0.2, 0.25) is 11.0 Å². The molecule has 0 unspecified atom stereocenters. The summed E-state index contributed by atoms with van der Waals surface area (Å²) in [6, 6.07) is 0.328. The van der Waals surface area contributed by atoms with E-state index in [9.17, 15) is 4.79 Å². The summed E-state index contributed by atoms with van der Waals surface area (Å²) in [6.45, 7) is 4.52. The Bertz CT molecular complexity index is 451. The Hall–Kier alpha value is -0.820. The molecule has 0 radical (unpaired) electrons. The van der Waals surface area contributed by atoms with Crippen LogP contribution in [0, 0.1) is 11.8 Å². The number of carbonyl (C=O) groups excluding carboxylic acids is 1. The summed E-state index contributed by atoms with van der Waals surface area (Å²) in [6.07, 6.45) is 3.59. The van der Waals surface area contributed by atoms with Crippen LogP contribution >= 0.6 is 23.1 Å². The standard InChI is InChI=1S/C13H22N4OS2/c1-8-5-4-6-10(9(8)2)15-11(18)7-19-13-17-16-12(14-3)20-13/h8-10H,4-7H2,1-3H3,(H,14,16)(H,15,18)/t8-,9-,10-/m1/s1. The Balaban J connectivity index is 1.77. The van der Waals surface area contributed by atoms with E-state index in [-0.39, 0.29) is 5.91 Å². The average molecular weight is 314 g/mol. The van der Waals surface area contributed by atoms with E-state index in [2.05, 4.69) is 34.7 Å². The quantitative estimate of drug-likeness (QED) is 0.818. The average Bonchev–Trinajstić information content (AvgIpc) is 2.90. The van der Waals surface area contributed by atoms with E-state index >= 15 is 0 Å². The van der Waals surface area contributed by atoms with Gasteiger partial charge in [-0.25, -0.2) is 0 Å². The molecule has 0 spiro atoms. The zero-order valence-electron chi connectivity index (χ0n) is 12.2. The van der Waals surface area contributed by atoms with Crippen molar-refractivity contribution in [3.05, 3.63) is 0 Å². The number of carbonyl (C=O) groups is 1. The second kappa shape index (κ2) is 7.26. The van der Waals surface area contributed by atoms with Gasteiger partial charge in [-0.1, -0.05) is 49.8 Å². The van der Waals surface area contributed by atoms with Gasteiger partial charge < -0.3 is 10.6 Å². The topological polar surface area (TPSA) is 66.9 Å². The van der Waals surface area contributed by atoms with Gasteiger partial charge in [-0.2, -0.15) is 0 Å². The molecule has 5 nitrogen and oxygen atoms in total. The highest BCUT2D eigenvalue weighted by Gasteiger charge is 2.28. The first-order chi connectivity index (χ1) is 9.60. The van der Waals surface area contributed by atoms with Gasteiger partial charge in [-0.3, -0.25) is 4.79 Å². The first kappa shape index (κ1) is 15.6. The SMILES string of the molecule is CNc1nnc(SCC(=O)N[C@@H]2CCC[C@@H](C)[C@H]2C)s1. The Morgan fingerprint density at radius 1 is 1.40 bits per heavy atom. The zero-order chi connectivity index (χ0) is 14.5. The van der Waals surface area contributed by atoms with E-state index in [0.717, 1.165) is 15.9 Å². The van der Waals surface area contributed by atoms with Gasteiger partial charge in [0.15, 0.2) is 4.34 Å². The van der Waals surface area contributed by atoms with Gasteiger partial charge in [0.05, 0.1) is 5.75 Å². The molecule has 112 valence electrons. The summed E-state index contributed by atoms with van der Waals surface area (Å²) in [5, 5.41) is 14.9. The number of amides is 1. The van der Waals surface area contributed by atoms with Crippen molar-refractivity contribution in [2.75, 3.05) is 18.1 Å². The first-order valence-electron chi connectivity index (χ1n) is 7.03. The molecule has 1 fully saturated rings. The fourth-order valence-corrected chi connectivity index (χ4v) is 4.05. The van der Waals surface area contributed by atoms with E-state index in [1.165, 1.54) is 35.9 Å². The van der Waals surface area contributed by atoms with Crippen molar-refractivity contribution in [3.63, 3.8) is 0 Å². The lowest BCUT2D eigenvalue weighted by Gasteiger charge is -2.34. The van der Waals surface area contributed by atoms with Gasteiger partial charge in [-0.15, -0.1) is 10.2 Å². The highest BCUT2D eigenvalue weighted by molar-refractivity contribution is 8.01. The summed E-state index contributed by atoms with van der Waals surface area (Å²) >= 11 is 2.92. The molecule has 2 N–H and O–H groups in total. The number of rotatable bonds is 5. The second-order valence-corrected chi connectivity index (χ2v) is 7.55. The van der Waals surface area contributed by atoms with Crippen molar-refractivity contribution in [1.82, 2.24) is 15.5 Å². The predicted octanol–water partition coefficient (Wildman–Crippen LogP) is 2.61. The Labute approximate surface area is 128 Å². The molecule has 3 atom stereocenters. The lowest BCUT2D eigenvalue weighted by Crippen LogP contribution is -2.44. The second-order valence-electron chi connectivity index (χ2n) is 5.35. The van der Waals surface area contributed by atoms with Crippen LogP contribution in [-0.4, -0.2) is 34.9 Å². The lowest BCUT2D eigenvalue weighted by atomic mass is 9.78. The maximum absolute atomic E-state index is 12.0. The molecule has 1 amide bonds. The molecular weight excluding hydrogens is 292 g/mol. The van der Waals surface area contributed by atoms with E-state index in [4.69, 9.17) is 0 Å². The number of nitrogens with zero attached hydrogens (tertiary/aromatic N) is 2. The Kier molecular flexibility index (Phi) is 5.65. The summed E-state index contributed by atoms with van der Waals surface area (Å²) in [5.41, 5.74) is 0. The summed E-state index contributed by atoms with van der Waals surface area (Å²) in [5.74, 6) is 1.77. The minimum absolute atomic E-state index is 0.0992. The Morgan fingerprint density at radius 3 is 2.90 bits per heavy atom. The normalized spacial score (nSPS) is 26.2. The van der Waals surface area contributed by atoms with E-state index in [1.54, 1.807) is 0 Å². The third kappa shape index (κ3) is 4.09. The minimum Gasteiger partial charge on any atom is -0.363 e. The molecule has 20 heavy (non-hydrogen) atoms. The van der Waals surface area contributed by atoms with Gasteiger partial charge >= 0.3 is 0 Å². The number of nitrogens with one attached hydrogen (secondary N) is 2. The molecule has 2 rings (SSSR count). The number of aromatic nitrogens is 2. The van der Waals surface area contributed by atoms with Crippen LogP contribution < -0.4 is 10.6 Å². The molecule has 1 aliphatic rings. The fourth-order valence-electron chi connectivity index (χ4n) is 2.53. The van der Waals surface area contributed by atoms with Crippen molar-refractivity contribution < 1.29 is 4.79 Å². The molecule has 0 aliphatic heterocycles. The van der Waals surface area contributed by atoms with E-state index < -0.39 is 0 Å². The molecule has 7 heteroatoms.